The van der Waals surface area contributed by atoms with E-state index < -0.39 is 0 Å². The molecule has 5 heteroatoms. The van der Waals surface area contributed by atoms with Gasteiger partial charge in [0.15, 0.2) is 5.84 Å². The van der Waals surface area contributed by atoms with Gasteiger partial charge in [-0.05, 0) is 24.3 Å². The van der Waals surface area contributed by atoms with E-state index in [1.807, 2.05) is 6.07 Å². The van der Waals surface area contributed by atoms with Crippen LogP contribution in [0.25, 0.3) is 0 Å². The summed E-state index contributed by atoms with van der Waals surface area (Å²) in [5.74, 6) is -0.0653. The molecule has 0 amide bonds. The fraction of sp³-hybridized carbons (Fsp3) is 0. The minimum Gasteiger partial charge on any atom is -0.409 e. The zero-order valence-electron chi connectivity index (χ0n) is 6.60. The Hall–Kier alpha value is -2.06. The van der Waals surface area contributed by atoms with E-state index in [9.17, 15) is 0 Å². The average molecular weight is 177 g/mol. The largest absolute Gasteiger partial charge is 0.409 e. The number of oxime groups is 1. The molecule has 5 nitrogen and oxygen atoms in total. The quantitative estimate of drug-likeness (QED) is 0.254. The highest BCUT2D eigenvalue weighted by Crippen LogP contribution is 2.03. The van der Waals surface area contributed by atoms with Crippen LogP contribution in [0.2, 0.25) is 0 Å². The Balaban J connectivity index is 2.99. The molecular formula is C8H7N3O2. The highest BCUT2D eigenvalue weighted by molar-refractivity contribution is 5.97. The Morgan fingerprint density at radius 2 is 2.00 bits per heavy atom. The second kappa shape index (κ2) is 4.09. The first-order valence-electron chi connectivity index (χ1n) is 3.44. The maximum atomic E-state index is 8.50. The summed E-state index contributed by atoms with van der Waals surface area (Å²) in [6.45, 7) is 0. The van der Waals surface area contributed by atoms with Crippen LogP contribution in [0.4, 0.5) is 0 Å². The molecule has 0 bridgehead atoms. The molecule has 0 radical (unpaired) electrons. The lowest BCUT2D eigenvalue weighted by Gasteiger charge is -2.00. The van der Waals surface area contributed by atoms with Crippen LogP contribution in [0.1, 0.15) is 11.1 Å². The summed E-state index contributed by atoms with van der Waals surface area (Å²) in [6, 6.07) is 8.16. The molecule has 0 saturated carbocycles. The molecule has 0 aliphatic heterocycles. The average Bonchev–Trinajstić information content (AvgIpc) is 2.21. The second-order valence-corrected chi connectivity index (χ2v) is 2.25. The molecule has 0 heterocycles. The summed E-state index contributed by atoms with van der Waals surface area (Å²) < 4.78 is 0. The van der Waals surface area contributed by atoms with Crippen molar-refractivity contribution in [1.29, 1.82) is 5.26 Å². The molecule has 1 aromatic carbocycles. The van der Waals surface area contributed by atoms with Crippen molar-refractivity contribution in [3.05, 3.63) is 35.4 Å². The standard InChI is InChI=1S/C8H7N3O2/c9-5-6-1-3-7(4-2-6)8(10-12)11-13/h1-4,12-13H,(H,10,11). The van der Waals surface area contributed by atoms with Gasteiger partial charge >= 0.3 is 0 Å². The van der Waals surface area contributed by atoms with Gasteiger partial charge in [-0.2, -0.15) is 5.26 Å². The Labute approximate surface area is 74.5 Å². The maximum absolute atomic E-state index is 8.50. The zero-order chi connectivity index (χ0) is 9.68. The molecule has 1 aromatic rings. The molecule has 1 rings (SSSR count). The van der Waals surface area contributed by atoms with Crippen LogP contribution in [0.3, 0.4) is 0 Å². The van der Waals surface area contributed by atoms with E-state index in [0.29, 0.717) is 11.1 Å². The van der Waals surface area contributed by atoms with Gasteiger partial charge in [-0.3, -0.25) is 5.21 Å². The molecule has 0 aromatic heterocycles. The molecule has 0 aliphatic rings. The molecule has 0 aliphatic carbocycles. The first kappa shape index (κ1) is 9.03. The van der Waals surface area contributed by atoms with Gasteiger partial charge in [0.25, 0.3) is 0 Å². The van der Waals surface area contributed by atoms with E-state index in [0.717, 1.165) is 0 Å². The van der Waals surface area contributed by atoms with Crippen molar-refractivity contribution in [3.8, 4) is 6.07 Å². The van der Waals surface area contributed by atoms with Crippen LogP contribution in [-0.2, 0) is 0 Å². The molecule has 0 spiro atoms. The summed E-state index contributed by atoms with van der Waals surface area (Å²) in [5, 5.41) is 28.2. The molecule has 0 saturated heterocycles. The van der Waals surface area contributed by atoms with Crippen LogP contribution in [0.5, 0.6) is 0 Å². The van der Waals surface area contributed by atoms with Crippen LogP contribution < -0.4 is 5.48 Å². The van der Waals surface area contributed by atoms with Gasteiger partial charge in [-0.25, -0.2) is 5.48 Å². The van der Waals surface area contributed by atoms with E-state index in [4.69, 9.17) is 15.7 Å². The van der Waals surface area contributed by atoms with E-state index >= 15 is 0 Å². The molecule has 3 N–H and O–H groups in total. The van der Waals surface area contributed by atoms with Crippen molar-refractivity contribution in [1.82, 2.24) is 5.48 Å². The Morgan fingerprint density at radius 1 is 1.38 bits per heavy atom. The maximum Gasteiger partial charge on any atom is 0.196 e. The van der Waals surface area contributed by atoms with Crippen molar-refractivity contribution in [2.75, 3.05) is 0 Å². The fourth-order valence-corrected chi connectivity index (χ4v) is 0.847. The van der Waals surface area contributed by atoms with Crippen molar-refractivity contribution in [2.45, 2.75) is 0 Å². The van der Waals surface area contributed by atoms with Gasteiger partial charge in [0, 0.05) is 5.56 Å². The minimum absolute atomic E-state index is 0.0653. The monoisotopic (exact) mass is 177 g/mol. The third kappa shape index (κ3) is 1.95. The third-order valence-corrected chi connectivity index (χ3v) is 1.49. The number of rotatable bonds is 1. The van der Waals surface area contributed by atoms with Gasteiger partial charge in [0.2, 0.25) is 0 Å². The van der Waals surface area contributed by atoms with Crippen molar-refractivity contribution >= 4 is 5.84 Å². The van der Waals surface area contributed by atoms with Crippen molar-refractivity contribution in [2.24, 2.45) is 5.16 Å². The molecule has 13 heavy (non-hydrogen) atoms. The van der Waals surface area contributed by atoms with Crippen LogP contribution in [-0.4, -0.2) is 16.3 Å². The zero-order valence-corrected chi connectivity index (χ0v) is 6.60. The number of hydrogen-bond acceptors (Lipinski definition) is 4. The van der Waals surface area contributed by atoms with E-state index in [2.05, 4.69) is 5.16 Å². The van der Waals surface area contributed by atoms with Gasteiger partial charge in [-0.15, -0.1) is 0 Å². The van der Waals surface area contributed by atoms with Crippen molar-refractivity contribution < 1.29 is 10.4 Å². The smallest absolute Gasteiger partial charge is 0.196 e. The summed E-state index contributed by atoms with van der Waals surface area (Å²) in [5.41, 5.74) is 2.71. The minimum atomic E-state index is -0.0653. The van der Waals surface area contributed by atoms with Gasteiger partial charge in [-0.1, -0.05) is 5.16 Å². The fourth-order valence-electron chi connectivity index (χ4n) is 0.847. The van der Waals surface area contributed by atoms with Gasteiger partial charge in [0.05, 0.1) is 11.6 Å². The lowest BCUT2D eigenvalue weighted by Crippen LogP contribution is -2.19. The van der Waals surface area contributed by atoms with Gasteiger partial charge < -0.3 is 5.21 Å². The van der Waals surface area contributed by atoms with Crippen LogP contribution in [0.15, 0.2) is 29.4 Å². The molecule has 0 fully saturated rings. The highest BCUT2D eigenvalue weighted by Gasteiger charge is 2.01. The normalized spacial score (nSPS) is 10.6. The lowest BCUT2D eigenvalue weighted by atomic mass is 10.1. The van der Waals surface area contributed by atoms with E-state index in [-0.39, 0.29) is 5.84 Å². The second-order valence-electron chi connectivity index (χ2n) is 2.25. The number of hydroxylamine groups is 1. The Kier molecular flexibility index (Phi) is 2.84. The van der Waals surface area contributed by atoms with Crippen LogP contribution >= 0.6 is 0 Å². The Morgan fingerprint density at radius 3 is 2.38 bits per heavy atom. The predicted octanol–water partition coefficient (Wildman–Crippen LogP) is 0.673. The summed E-state index contributed by atoms with van der Waals surface area (Å²) in [6.07, 6.45) is 0. The van der Waals surface area contributed by atoms with E-state index in [1.165, 1.54) is 0 Å². The number of nitrogens with zero attached hydrogens (tertiary/aromatic N) is 2. The number of hydrogen-bond donors (Lipinski definition) is 3. The number of amidine groups is 1. The number of nitriles is 1. The van der Waals surface area contributed by atoms with E-state index in [1.54, 1.807) is 29.7 Å². The van der Waals surface area contributed by atoms with Crippen molar-refractivity contribution in [3.63, 3.8) is 0 Å². The van der Waals surface area contributed by atoms with Gasteiger partial charge in [0.1, 0.15) is 0 Å². The highest BCUT2D eigenvalue weighted by atomic mass is 16.5. The summed E-state index contributed by atoms with van der Waals surface area (Å²) in [7, 11) is 0. The van der Waals surface area contributed by atoms with Crippen LogP contribution in [0, 0.1) is 11.3 Å². The first-order chi connectivity index (χ1) is 6.31. The molecule has 66 valence electrons. The molecule has 0 atom stereocenters. The molecular weight excluding hydrogens is 170 g/mol. The third-order valence-electron chi connectivity index (χ3n) is 1.49. The molecule has 0 unspecified atom stereocenters. The summed E-state index contributed by atoms with van der Waals surface area (Å²) in [4.78, 5) is 0. The Bertz CT molecular complexity index is 351. The predicted molar refractivity (Wildman–Crippen MR) is 44.4 cm³/mol. The first-order valence-corrected chi connectivity index (χ1v) is 3.44. The SMILES string of the molecule is N#Cc1ccc(C(=NO)NO)cc1. The summed E-state index contributed by atoms with van der Waals surface area (Å²) >= 11 is 0. The lowest BCUT2D eigenvalue weighted by molar-refractivity contribution is 0.223. The number of benzene rings is 1. The number of nitrogens with one attached hydrogen (secondary N) is 1. The topological polar surface area (TPSA) is 88.6 Å².